The highest BCUT2D eigenvalue weighted by Crippen LogP contribution is 2.23. The first-order chi connectivity index (χ1) is 11.4. The molecule has 0 fully saturated rings. The number of carbonyl (C=O) groups is 2. The van der Waals surface area contributed by atoms with Gasteiger partial charge in [0.1, 0.15) is 0 Å². The Morgan fingerprint density at radius 2 is 1.88 bits per heavy atom. The Labute approximate surface area is 147 Å². The van der Waals surface area contributed by atoms with Crippen LogP contribution in [0.3, 0.4) is 0 Å². The second-order valence-corrected chi connectivity index (χ2v) is 6.14. The lowest BCUT2D eigenvalue weighted by molar-refractivity contribution is -0.116. The molecule has 2 rings (SSSR count). The summed E-state index contributed by atoms with van der Waals surface area (Å²) in [4.78, 5) is 25.6. The number of nitrogens with zero attached hydrogens (tertiary/aromatic N) is 1. The second-order valence-electron chi connectivity index (χ2n) is 5.73. The summed E-state index contributed by atoms with van der Waals surface area (Å²) < 4.78 is 0. The van der Waals surface area contributed by atoms with Crippen molar-refractivity contribution in [3.8, 4) is 0 Å². The molecule has 0 radical (unpaired) electrons. The number of benzene rings is 2. The third kappa shape index (κ3) is 4.59. The normalized spacial score (nSPS) is 10.3. The van der Waals surface area contributed by atoms with E-state index in [-0.39, 0.29) is 11.8 Å². The van der Waals surface area contributed by atoms with Crippen molar-refractivity contribution in [2.24, 2.45) is 0 Å². The van der Waals surface area contributed by atoms with E-state index in [2.05, 4.69) is 5.32 Å². The van der Waals surface area contributed by atoms with Crippen LogP contribution in [-0.4, -0.2) is 24.9 Å². The lowest BCUT2D eigenvalue weighted by atomic mass is 10.1. The third-order valence-corrected chi connectivity index (χ3v) is 4.16. The van der Waals surface area contributed by atoms with Crippen LogP contribution >= 0.6 is 11.6 Å². The SMILES string of the molecule is CC(=O)N(CCNC(=O)c1cccc(C)c1)c1ccc(C)c(Cl)c1. The molecule has 0 aliphatic heterocycles. The smallest absolute Gasteiger partial charge is 0.251 e. The molecule has 0 spiro atoms. The van der Waals surface area contributed by atoms with Crippen molar-refractivity contribution >= 4 is 29.1 Å². The first-order valence-corrected chi connectivity index (χ1v) is 8.15. The molecule has 24 heavy (non-hydrogen) atoms. The van der Waals surface area contributed by atoms with E-state index in [9.17, 15) is 9.59 Å². The number of hydrogen-bond donors (Lipinski definition) is 1. The van der Waals surface area contributed by atoms with Crippen LogP contribution in [0.25, 0.3) is 0 Å². The van der Waals surface area contributed by atoms with E-state index < -0.39 is 0 Å². The van der Waals surface area contributed by atoms with Crippen molar-refractivity contribution in [2.45, 2.75) is 20.8 Å². The lowest BCUT2D eigenvalue weighted by Gasteiger charge is -2.22. The van der Waals surface area contributed by atoms with Gasteiger partial charge in [0, 0.05) is 36.3 Å². The van der Waals surface area contributed by atoms with Gasteiger partial charge in [-0.2, -0.15) is 0 Å². The minimum Gasteiger partial charge on any atom is -0.350 e. The zero-order chi connectivity index (χ0) is 17.7. The second kappa shape index (κ2) is 7.97. The van der Waals surface area contributed by atoms with Crippen LogP contribution in [0.5, 0.6) is 0 Å². The molecule has 1 N–H and O–H groups in total. The quantitative estimate of drug-likeness (QED) is 0.898. The van der Waals surface area contributed by atoms with Gasteiger partial charge in [0.05, 0.1) is 0 Å². The van der Waals surface area contributed by atoms with E-state index in [0.717, 1.165) is 16.8 Å². The maximum atomic E-state index is 12.1. The van der Waals surface area contributed by atoms with Crippen molar-refractivity contribution < 1.29 is 9.59 Å². The summed E-state index contributed by atoms with van der Waals surface area (Å²) in [5.74, 6) is -0.246. The van der Waals surface area contributed by atoms with E-state index in [1.807, 2.05) is 44.2 Å². The number of carbonyl (C=O) groups excluding carboxylic acids is 2. The lowest BCUT2D eigenvalue weighted by Crippen LogP contribution is -2.37. The van der Waals surface area contributed by atoms with E-state index >= 15 is 0 Å². The molecule has 0 aromatic heterocycles. The number of rotatable bonds is 5. The van der Waals surface area contributed by atoms with Gasteiger partial charge in [0.2, 0.25) is 5.91 Å². The summed E-state index contributed by atoms with van der Waals surface area (Å²) >= 11 is 6.13. The van der Waals surface area contributed by atoms with Crippen LogP contribution in [0.15, 0.2) is 42.5 Å². The Kier molecular flexibility index (Phi) is 5.99. The molecule has 2 aromatic rings. The average Bonchev–Trinajstić information content (AvgIpc) is 2.54. The molecule has 2 aromatic carbocycles. The maximum Gasteiger partial charge on any atom is 0.251 e. The summed E-state index contributed by atoms with van der Waals surface area (Å²) in [5, 5.41) is 3.45. The molecule has 0 unspecified atom stereocenters. The molecular weight excluding hydrogens is 324 g/mol. The fourth-order valence-electron chi connectivity index (χ4n) is 2.39. The Morgan fingerprint density at radius 1 is 1.12 bits per heavy atom. The Morgan fingerprint density at radius 3 is 2.50 bits per heavy atom. The van der Waals surface area contributed by atoms with Crippen molar-refractivity contribution in [1.29, 1.82) is 0 Å². The minimum absolute atomic E-state index is 0.0975. The summed E-state index contributed by atoms with van der Waals surface area (Å²) in [6, 6.07) is 12.9. The molecule has 0 aliphatic rings. The van der Waals surface area contributed by atoms with Crippen LogP contribution < -0.4 is 10.2 Å². The number of anilines is 1. The van der Waals surface area contributed by atoms with Gasteiger partial charge < -0.3 is 10.2 Å². The first kappa shape index (κ1) is 18.0. The monoisotopic (exact) mass is 344 g/mol. The highest BCUT2D eigenvalue weighted by atomic mass is 35.5. The highest BCUT2D eigenvalue weighted by molar-refractivity contribution is 6.31. The first-order valence-electron chi connectivity index (χ1n) is 7.77. The summed E-state index contributed by atoms with van der Waals surface area (Å²) in [7, 11) is 0. The van der Waals surface area contributed by atoms with Gasteiger partial charge in [0.25, 0.3) is 5.91 Å². The van der Waals surface area contributed by atoms with Crippen LogP contribution in [-0.2, 0) is 4.79 Å². The Balaban J connectivity index is 2.00. The van der Waals surface area contributed by atoms with Crippen molar-refractivity contribution in [2.75, 3.05) is 18.0 Å². The van der Waals surface area contributed by atoms with Gasteiger partial charge >= 0.3 is 0 Å². The summed E-state index contributed by atoms with van der Waals surface area (Å²) in [6.07, 6.45) is 0. The van der Waals surface area contributed by atoms with Crippen LogP contribution in [0.4, 0.5) is 5.69 Å². The van der Waals surface area contributed by atoms with Crippen LogP contribution in [0.2, 0.25) is 5.02 Å². The van der Waals surface area contributed by atoms with Gasteiger partial charge in [0.15, 0.2) is 0 Å². The molecular formula is C19H21ClN2O2. The molecule has 126 valence electrons. The molecule has 0 saturated carbocycles. The maximum absolute atomic E-state index is 12.1. The van der Waals surface area contributed by atoms with Crippen LogP contribution in [0, 0.1) is 13.8 Å². The van der Waals surface area contributed by atoms with Crippen LogP contribution in [0.1, 0.15) is 28.4 Å². The van der Waals surface area contributed by atoms with Gasteiger partial charge in [-0.15, -0.1) is 0 Å². The average molecular weight is 345 g/mol. The Bertz CT molecular complexity index is 759. The molecule has 0 heterocycles. The fraction of sp³-hybridized carbons (Fsp3) is 0.263. The van der Waals surface area contributed by atoms with E-state index in [1.165, 1.54) is 6.92 Å². The molecule has 0 aliphatic carbocycles. The van der Waals surface area contributed by atoms with E-state index in [0.29, 0.717) is 23.7 Å². The highest BCUT2D eigenvalue weighted by Gasteiger charge is 2.13. The molecule has 5 heteroatoms. The standard InChI is InChI=1S/C19H21ClN2O2/c1-13-5-4-6-16(11-13)19(24)21-9-10-22(15(3)23)17-8-7-14(2)18(20)12-17/h4-8,11-12H,9-10H2,1-3H3,(H,21,24). The number of nitrogens with one attached hydrogen (secondary N) is 1. The van der Waals surface area contributed by atoms with Gasteiger partial charge in [-0.05, 0) is 43.7 Å². The number of hydrogen-bond acceptors (Lipinski definition) is 2. The predicted octanol–water partition coefficient (Wildman–Crippen LogP) is 3.74. The van der Waals surface area contributed by atoms with Crippen molar-refractivity contribution in [1.82, 2.24) is 5.32 Å². The van der Waals surface area contributed by atoms with E-state index in [4.69, 9.17) is 11.6 Å². The zero-order valence-corrected chi connectivity index (χ0v) is 14.9. The Hall–Kier alpha value is -2.33. The molecule has 0 bridgehead atoms. The number of halogens is 1. The molecule has 4 nitrogen and oxygen atoms in total. The largest absolute Gasteiger partial charge is 0.350 e. The molecule has 0 saturated heterocycles. The summed E-state index contributed by atoms with van der Waals surface area (Å²) in [6.45, 7) is 6.09. The summed E-state index contributed by atoms with van der Waals surface area (Å²) in [5.41, 5.74) is 3.32. The zero-order valence-electron chi connectivity index (χ0n) is 14.1. The van der Waals surface area contributed by atoms with Gasteiger partial charge in [-0.1, -0.05) is 35.4 Å². The minimum atomic E-state index is -0.149. The predicted molar refractivity (Wildman–Crippen MR) is 97.7 cm³/mol. The fourth-order valence-corrected chi connectivity index (χ4v) is 2.56. The van der Waals surface area contributed by atoms with Gasteiger partial charge in [-0.25, -0.2) is 0 Å². The van der Waals surface area contributed by atoms with E-state index in [1.54, 1.807) is 17.0 Å². The van der Waals surface area contributed by atoms with Crippen molar-refractivity contribution in [3.63, 3.8) is 0 Å². The number of amides is 2. The third-order valence-electron chi connectivity index (χ3n) is 3.75. The molecule has 2 amide bonds. The molecule has 0 atom stereocenters. The topological polar surface area (TPSA) is 49.4 Å². The van der Waals surface area contributed by atoms with Crippen molar-refractivity contribution in [3.05, 3.63) is 64.2 Å². The number of aryl methyl sites for hydroxylation is 2. The van der Waals surface area contributed by atoms with Gasteiger partial charge in [-0.3, -0.25) is 9.59 Å².